The molecule has 3 atom stereocenters. The molecular formula is C27H28FN2O3P. The van der Waals surface area contributed by atoms with E-state index in [4.69, 9.17) is 4.74 Å². The molecule has 176 valence electrons. The lowest BCUT2D eigenvalue weighted by atomic mass is 10.0. The molecule has 0 radical (unpaired) electrons. The van der Waals surface area contributed by atoms with Crippen molar-refractivity contribution in [1.29, 1.82) is 0 Å². The number of hydrogen-bond acceptors (Lipinski definition) is 4. The molecule has 4 aromatic rings. The Bertz CT molecular complexity index is 1220. The number of nitrogens with one attached hydrogen (secondary N) is 1. The lowest BCUT2D eigenvalue weighted by molar-refractivity contribution is 0.0915. The first-order chi connectivity index (χ1) is 16.5. The highest BCUT2D eigenvalue weighted by molar-refractivity contribution is 7.16. The van der Waals surface area contributed by atoms with E-state index in [0.29, 0.717) is 28.3 Å². The van der Waals surface area contributed by atoms with Crippen molar-refractivity contribution in [3.05, 3.63) is 102 Å². The number of halogens is 1. The van der Waals surface area contributed by atoms with Crippen molar-refractivity contribution in [2.45, 2.75) is 25.8 Å². The van der Waals surface area contributed by atoms with E-state index in [1.54, 1.807) is 60.8 Å². The van der Waals surface area contributed by atoms with Crippen LogP contribution in [0.2, 0.25) is 0 Å². The van der Waals surface area contributed by atoms with Crippen LogP contribution >= 0.6 is 9.24 Å². The molecule has 0 saturated heterocycles. The zero-order valence-electron chi connectivity index (χ0n) is 19.1. The van der Waals surface area contributed by atoms with Gasteiger partial charge in [0.1, 0.15) is 17.4 Å². The number of rotatable bonds is 7. The Kier molecular flexibility index (Phi) is 9.08. The lowest BCUT2D eigenvalue weighted by Crippen LogP contribution is -2.31. The highest BCUT2D eigenvalue weighted by atomic mass is 31.0. The smallest absolute Gasteiger partial charge is 0.251 e. The number of benzene rings is 3. The van der Waals surface area contributed by atoms with Crippen LogP contribution in [0.3, 0.4) is 0 Å². The van der Waals surface area contributed by atoms with Crippen LogP contribution in [0.5, 0.6) is 11.5 Å². The molecule has 0 saturated carbocycles. The zero-order valence-corrected chi connectivity index (χ0v) is 20.3. The van der Waals surface area contributed by atoms with E-state index in [9.17, 15) is 14.3 Å². The van der Waals surface area contributed by atoms with E-state index in [2.05, 4.69) is 19.5 Å². The molecule has 0 bridgehead atoms. The van der Waals surface area contributed by atoms with Crippen LogP contribution < -0.4 is 10.1 Å². The van der Waals surface area contributed by atoms with E-state index < -0.39 is 12.0 Å². The van der Waals surface area contributed by atoms with E-state index in [0.717, 1.165) is 10.8 Å². The Hall–Kier alpha value is -3.34. The molecule has 0 aliphatic carbocycles. The number of aliphatic hydroxyl groups is 1. The van der Waals surface area contributed by atoms with E-state index >= 15 is 0 Å². The molecular weight excluding hydrogens is 450 g/mol. The third kappa shape index (κ3) is 6.16. The number of carbonyl (C=O) groups excluding carboxylic acids is 1. The van der Waals surface area contributed by atoms with Gasteiger partial charge in [-0.1, -0.05) is 53.4 Å². The van der Waals surface area contributed by atoms with Gasteiger partial charge in [-0.2, -0.15) is 0 Å². The van der Waals surface area contributed by atoms with Crippen molar-refractivity contribution in [1.82, 2.24) is 10.3 Å². The number of alkyl halides is 1. The van der Waals surface area contributed by atoms with Gasteiger partial charge in [0.2, 0.25) is 0 Å². The summed E-state index contributed by atoms with van der Waals surface area (Å²) >= 11 is 0. The molecule has 2 N–H and O–H groups in total. The molecule has 1 aromatic heterocycles. The van der Waals surface area contributed by atoms with Crippen molar-refractivity contribution in [3.63, 3.8) is 0 Å². The number of ether oxygens (including phenoxy) is 1. The second-order valence-corrected chi connectivity index (χ2v) is 7.81. The minimum absolute atomic E-state index is 0.257. The Balaban J connectivity index is 0.00000158. The van der Waals surface area contributed by atoms with Crippen LogP contribution in [0.4, 0.5) is 4.39 Å². The second kappa shape index (κ2) is 12.2. The average Bonchev–Trinajstić information content (AvgIpc) is 2.89. The van der Waals surface area contributed by atoms with Crippen molar-refractivity contribution in [2.24, 2.45) is 0 Å². The van der Waals surface area contributed by atoms with Crippen LogP contribution in [0.15, 0.2) is 85.1 Å². The lowest BCUT2D eigenvalue weighted by Gasteiger charge is -2.16. The summed E-state index contributed by atoms with van der Waals surface area (Å²) in [6.07, 6.45) is 1.62. The summed E-state index contributed by atoms with van der Waals surface area (Å²) in [6, 6.07) is 22.4. The van der Waals surface area contributed by atoms with Crippen LogP contribution in [0, 0.1) is 0 Å². The van der Waals surface area contributed by atoms with E-state index in [1.165, 1.54) is 0 Å². The molecule has 5 nitrogen and oxygen atoms in total. The topological polar surface area (TPSA) is 71.5 Å². The number of aliphatic hydroxyl groups excluding tert-OH is 1. The largest absolute Gasteiger partial charge is 0.457 e. The van der Waals surface area contributed by atoms with Crippen molar-refractivity contribution in [2.75, 3.05) is 6.61 Å². The van der Waals surface area contributed by atoms with Crippen LogP contribution in [-0.4, -0.2) is 22.6 Å². The van der Waals surface area contributed by atoms with Gasteiger partial charge in [0, 0.05) is 17.1 Å². The predicted octanol–water partition coefficient (Wildman–Crippen LogP) is 6.36. The number of carbonyl (C=O) groups is 1. The number of pyridine rings is 1. The SMILES string of the molecule is CC.O=C(NC(CO)c1ccccn1)c1ccc2c(Oc3ccc(C(F)P)cc3)cccc2c1. The maximum absolute atomic E-state index is 13.4. The number of aromatic nitrogens is 1. The first-order valence-electron chi connectivity index (χ1n) is 11.1. The van der Waals surface area contributed by atoms with Crippen molar-refractivity contribution < 1.29 is 19.0 Å². The van der Waals surface area contributed by atoms with Crippen molar-refractivity contribution >= 4 is 25.9 Å². The molecule has 0 aliphatic heterocycles. The number of nitrogens with zero attached hydrogens (tertiary/aromatic N) is 1. The predicted molar refractivity (Wildman–Crippen MR) is 137 cm³/mol. The monoisotopic (exact) mass is 478 g/mol. The molecule has 34 heavy (non-hydrogen) atoms. The highest BCUT2D eigenvalue weighted by Crippen LogP contribution is 2.32. The zero-order chi connectivity index (χ0) is 24.5. The number of amides is 1. The van der Waals surface area contributed by atoms with Gasteiger partial charge in [0.15, 0.2) is 0 Å². The maximum Gasteiger partial charge on any atom is 0.251 e. The second-order valence-electron chi connectivity index (χ2n) is 7.23. The minimum atomic E-state index is -1.12. The van der Waals surface area contributed by atoms with Gasteiger partial charge >= 0.3 is 0 Å². The van der Waals surface area contributed by atoms with E-state index in [1.807, 2.05) is 38.1 Å². The summed E-state index contributed by atoms with van der Waals surface area (Å²) in [5, 5.41) is 14.2. The summed E-state index contributed by atoms with van der Waals surface area (Å²) in [4.78, 5) is 17.0. The van der Waals surface area contributed by atoms with Crippen LogP contribution in [0.1, 0.15) is 47.4 Å². The molecule has 3 unspecified atom stereocenters. The van der Waals surface area contributed by atoms with E-state index in [-0.39, 0.29) is 12.5 Å². The number of fused-ring (bicyclic) bond motifs is 1. The van der Waals surface area contributed by atoms with Crippen LogP contribution in [-0.2, 0) is 0 Å². The fourth-order valence-electron chi connectivity index (χ4n) is 3.37. The summed E-state index contributed by atoms with van der Waals surface area (Å²) in [5.41, 5.74) is 1.61. The maximum atomic E-state index is 13.4. The van der Waals surface area contributed by atoms with Gasteiger partial charge in [0.25, 0.3) is 5.91 Å². The van der Waals surface area contributed by atoms with Gasteiger partial charge in [0.05, 0.1) is 18.3 Å². The van der Waals surface area contributed by atoms with Crippen molar-refractivity contribution in [3.8, 4) is 11.5 Å². The molecule has 0 aliphatic rings. The standard InChI is InChI=1S/C25H22FN2O3P.C2H6/c26-24(32)16-7-10-19(11-8-16)31-23-6-3-4-17-14-18(9-12-20(17)23)25(30)28-22(15-29)21-5-1-2-13-27-21;1-2/h1-14,22,24,29H,15,32H2,(H,28,30);1-2H3. The molecule has 0 spiro atoms. The molecule has 1 amide bonds. The Morgan fingerprint density at radius 3 is 2.47 bits per heavy atom. The third-order valence-corrected chi connectivity index (χ3v) is 5.45. The molecule has 7 heteroatoms. The Labute approximate surface area is 201 Å². The Morgan fingerprint density at radius 2 is 1.82 bits per heavy atom. The van der Waals surface area contributed by atoms with Gasteiger partial charge in [-0.3, -0.25) is 9.78 Å². The average molecular weight is 479 g/mol. The fraction of sp³-hybridized carbons (Fsp3) is 0.185. The third-order valence-electron chi connectivity index (χ3n) is 5.06. The first-order valence-corrected chi connectivity index (χ1v) is 11.7. The van der Waals surface area contributed by atoms with Gasteiger partial charge < -0.3 is 15.2 Å². The fourth-order valence-corrected chi connectivity index (χ4v) is 3.59. The normalized spacial score (nSPS) is 12.3. The molecule has 1 heterocycles. The van der Waals surface area contributed by atoms with Crippen LogP contribution in [0.25, 0.3) is 10.8 Å². The van der Waals surface area contributed by atoms with Gasteiger partial charge in [-0.05, 0) is 59.5 Å². The summed E-state index contributed by atoms with van der Waals surface area (Å²) in [6.45, 7) is 3.74. The summed E-state index contributed by atoms with van der Waals surface area (Å²) in [5.74, 6) is -0.201. The first kappa shape index (κ1) is 25.3. The minimum Gasteiger partial charge on any atom is -0.457 e. The summed E-state index contributed by atoms with van der Waals surface area (Å²) < 4.78 is 19.4. The quantitative estimate of drug-likeness (QED) is 0.303. The molecule has 0 fully saturated rings. The summed E-state index contributed by atoms with van der Waals surface area (Å²) in [7, 11) is 2.12. The Morgan fingerprint density at radius 1 is 1.06 bits per heavy atom. The van der Waals surface area contributed by atoms with Gasteiger partial charge in [-0.25, -0.2) is 4.39 Å². The van der Waals surface area contributed by atoms with Gasteiger partial charge in [-0.15, -0.1) is 0 Å². The highest BCUT2D eigenvalue weighted by Gasteiger charge is 2.16. The molecule has 3 aromatic carbocycles. The molecule has 4 rings (SSSR count). The number of hydrogen-bond donors (Lipinski definition) is 2.